The van der Waals surface area contributed by atoms with Gasteiger partial charge in [0.1, 0.15) is 24.7 Å². The van der Waals surface area contributed by atoms with E-state index in [-0.39, 0.29) is 18.3 Å². The highest BCUT2D eigenvalue weighted by Crippen LogP contribution is 2.10. The van der Waals surface area contributed by atoms with Gasteiger partial charge in [0.2, 0.25) is 0 Å². The van der Waals surface area contributed by atoms with Crippen LogP contribution in [-0.2, 0) is 9.53 Å². The second kappa shape index (κ2) is 8.14. The lowest BCUT2D eigenvalue weighted by atomic mass is 10.3. The maximum absolute atomic E-state index is 11.5. The molecule has 2 rings (SSSR count). The van der Waals surface area contributed by atoms with Crippen LogP contribution in [0, 0.1) is 0 Å². The minimum Gasteiger partial charge on any atom is -0.448 e. The maximum atomic E-state index is 11.5. The third-order valence-electron chi connectivity index (χ3n) is 2.39. The van der Waals surface area contributed by atoms with E-state index in [9.17, 15) is 4.79 Å². The molecule has 0 saturated heterocycles. The second-order valence-corrected chi connectivity index (χ2v) is 4.52. The smallest absolute Gasteiger partial charge is 0.337 e. The molecular formula is C16H14O4S. The molecule has 0 bridgehead atoms. The summed E-state index contributed by atoms with van der Waals surface area (Å²) < 4.78 is 15.6. The van der Waals surface area contributed by atoms with Gasteiger partial charge in [0.15, 0.2) is 5.05 Å². The molecule has 0 unspecified atom stereocenters. The summed E-state index contributed by atoms with van der Waals surface area (Å²) in [6.45, 7) is -0.138. The van der Waals surface area contributed by atoms with E-state index in [2.05, 4.69) is 0 Å². The molecule has 0 aromatic heterocycles. The van der Waals surface area contributed by atoms with E-state index in [1.807, 2.05) is 24.3 Å². The number of carbonyl (C=O) groups excluding carboxylic acids is 1. The SMILES string of the molecule is O=C(COCC(=S)Oc1ccccc1)Oc1ccccc1. The van der Waals surface area contributed by atoms with Crippen LogP contribution in [0.4, 0.5) is 0 Å². The van der Waals surface area contributed by atoms with Crippen LogP contribution in [0.2, 0.25) is 0 Å². The van der Waals surface area contributed by atoms with Crippen molar-refractivity contribution < 1.29 is 19.0 Å². The number of rotatable bonds is 6. The summed E-state index contributed by atoms with van der Waals surface area (Å²) in [5, 5.41) is 0.258. The van der Waals surface area contributed by atoms with Crippen molar-refractivity contribution in [2.24, 2.45) is 0 Å². The van der Waals surface area contributed by atoms with E-state index < -0.39 is 5.97 Å². The molecule has 108 valence electrons. The molecule has 0 saturated carbocycles. The van der Waals surface area contributed by atoms with Crippen LogP contribution in [0.5, 0.6) is 11.5 Å². The molecule has 2 aromatic carbocycles. The quantitative estimate of drug-likeness (QED) is 0.466. The summed E-state index contributed by atoms with van der Waals surface area (Å²) in [7, 11) is 0. The fourth-order valence-corrected chi connectivity index (χ4v) is 1.70. The summed E-state index contributed by atoms with van der Waals surface area (Å²) in [5.74, 6) is 0.635. The van der Waals surface area contributed by atoms with Crippen LogP contribution in [0.25, 0.3) is 0 Å². The molecule has 0 fully saturated rings. The highest BCUT2D eigenvalue weighted by atomic mass is 32.1. The van der Waals surface area contributed by atoms with Crippen molar-refractivity contribution in [3.05, 3.63) is 60.7 Å². The van der Waals surface area contributed by atoms with Crippen LogP contribution in [-0.4, -0.2) is 24.2 Å². The summed E-state index contributed by atoms with van der Waals surface area (Å²) in [6, 6.07) is 17.9. The highest BCUT2D eigenvalue weighted by molar-refractivity contribution is 7.80. The fourth-order valence-electron chi connectivity index (χ4n) is 1.52. The lowest BCUT2D eigenvalue weighted by Crippen LogP contribution is -2.20. The Labute approximate surface area is 128 Å². The minimum atomic E-state index is -0.483. The fraction of sp³-hybridized carbons (Fsp3) is 0.125. The molecule has 0 radical (unpaired) electrons. The molecule has 4 nitrogen and oxygen atoms in total. The number of carbonyl (C=O) groups is 1. The van der Waals surface area contributed by atoms with Gasteiger partial charge in [-0.2, -0.15) is 0 Å². The van der Waals surface area contributed by atoms with Gasteiger partial charge in [0.25, 0.3) is 0 Å². The van der Waals surface area contributed by atoms with Gasteiger partial charge in [-0.25, -0.2) is 4.79 Å². The lowest BCUT2D eigenvalue weighted by Gasteiger charge is -2.08. The Bertz CT molecular complexity index is 530. The zero-order valence-electron chi connectivity index (χ0n) is 11.2. The predicted molar refractivity (Wildman–Crippen MR) is 82.6 cm³/mol. The van der Waals surface area contributed by atoms with Gasteiger partial charge in [-0.05, 0) is 36.5 Å². The first-order valence-corrected chi connectivity index (χ1v) is 6.74. The summed E-state index contributed by atoms with van der Waals surface area (Å²) >= 11 is 5.02. The Morgan fingerprint density at radius 3 is 1.90 bits per heavy atom. The average molecular weight is 302 g/mol. The summed E-state index contributed by atoms with van der Waals surface area (Å²) in [5.41, 5.74) is 0. The van der Waals surface area contributed by atoms with Crippen LogP contribution in [0.1, 0.15) is 0 Å². The molecule has 0 N–H and O–H groups in total. The topological polar surface area (TPSA) is 44.8 Å². The number of ether oxygens (including phenoxy) is 3. The minimum absolute atomic E-state index is 0.0497. The van der Waals surface area contributed by atoms with Crippen molar-refractivity contribution in [3.8, 4) is 11.5 Å². The molecular weight excluding hydrogens is 288 g/mol. The van der Waals surface area contributed by atoms with Gasteiger partial charge >= 0.3 is 5.97 Å². The van der Waals surface area contributed by atoms with E-state index in [1.54, 1.807) is 36.4 Å². The Morgan fingerprint density at radius 1 is 0.810 bits per heavy atom. The number of benzene rings is 2. The Hall–Kier alpha value is -2.24. The van der Waals surface area contributed by atoms with Gasteiger partial charge in [-0.1, -0.05) is 36.4 Å². The largest absolute Gasteiger partial charge is 0.448 e. The van der Waals surface area contributed by atoms with Crippen molar-refractivity contribution in [2.75, 3.05) is 13.2 Å². The van der Waals surface area contributed by atoms with Crippen molar-refractivity contribution in [2.45, 2.75) is 0 Å². The zero-order chi connectivity index (χ0) is 14.9. The summed E-state index contributed by atoms with van der Waals surface area (Å²) in [4.78, 5) is 11.5. The normalized spacial score (nSPS) is 9.90. The molecule has 21 heavy (non-hydrogen) atoms. The first-order valence-electron chi connectivity index (χ1n) is 6.33. The van der Waals surface area contributed by atoms with E-state index in [4.69, 9.17) is 26.4 Å². The Kier molecular flexibility index (Phi) is 5.87. The molecule has 0 spiro atoms. The number of para-hydroxylation sites is 2. The average Bonchev–Trinajstić information content (AvgIpc) is 2.49. The molecule has 2 aromatic rings. The lowest BCUT2D eigenvalue weighted by molar-refractivity contribution is -0.138. The van der Waals surface area contributed by atoms with Crippen molar-refractivity contribution in [1.29, 1.82) is 0 Å². The first-order chi connectivity index (χ1) is 10.2. The van der Waals surface area contributed by atoms with Gasteiger partial charge in [-0.3, -0.25) is 0 Å². The van der Waals surface area contributed by atoms with Gasteiger partial charge in [0.05, 0.1) is 0 Å². The van der Waals surface area contributed by atoms with Crippen molar-refractivity contribution in [3.63, 3.8) is 0 Å². The number of thiocarbonyl (C=S) groups is 1. The molecule has 0 aliphatic carbocycles. The molecule has 0 aliphatic heterocycles. The van der Waals surface area contributed by atoms with Crippen LogP contribution < -0.4 is 9.47 Å². The third-order valence-corrected chi connectivity index (χ3v) is 2.59. The first kappa shape index (κ1) is 15.2. The van der Waals surface area contributed by atoms with Gasteiger partial charge < -0.3 is 14.2 Å². The van der Waals surface area contributed by atoms with Crippen LogP contribution in [0.15, 0.2) is 60.7 Å². The molecule has 0 aliphatic rings. The van der Waals surface area contributed by atoms with E-state index >= 15 is 0 Å². The van der Waals surface area contributed by atoms with Crippen LogP contribution in [0.3, 0.4) is 0 Å². The third kappa shape index (κ3) is 5.72. The number of hydrogen-bond donors (Lipinski definition) is 0. The standard InChI is InChI=1S/C16H14O4S/c17-15(19-13-7-3-1-4-8-13)11-18-12-16(21)20-14-9-5-2-6-10-14/h1-10H,11-12H2. The molecule has 0 atom stereocenters. The van der Waals surface area contributed by atoms with Crippen LogP contribution >= 0.6 is 12.2 Å². The molecule has 0 heterocycles. The molecule has 0 amide bonds. The highest BCUT2D eigenvalue weighted by Gasteiger charge is 2.06. The Morgan fingerprint density at radius 2 is 1.33 bits per heavy atom. The number of hydrogen-bond acceptors (Lipinski definition) is 5. The van der Waals surface area contributed by atoms with Gasteiger partial charge in [0, 0.05) is 0 Å². The van der Waals surface area contributed by atoms with E-state index in [1.165, 1.54) is 0 Å². The number of esters is 1. The summed E-state index contributed by atoms with van der Waals surface area (Å²) in [6.07, 6.45) is 0. The monoisotopic (exact) mass is 302 g/mol. The Balaban J connectivity index is 1.67. The molecule has 5 heteroatoms. The van der Waals surface area contributed by atoms with Crippen molar-refractivity contribution >= 4 is 23.2 Å². The maximum Gasteiger partial charge on any atom is 0.337 e. The predicted octanol–water partition coefficient (Wildman–Crippen LogP) is 3.02. The van der Waals surface area contributed by atoms with Gasteiger partial charge in [-0.15, -0.1) is 0 Å². The zero-order valence-corrected chi connectivity index (χ0v) is 12.0. The van der Waals surface area contributed by atoms with Crippen molar-refractivity contribution in [1.82, 2.24) is 0 Å². The second-order valence-electron chi connectivity index (χ2n) is 4.07. The van der Waals surface area contributed by atoms with E-state index in [0.717, 1.165) is 0 Å². The van der Waals surface area contributed by atoms with E-state index in [0.29, 0.717) is 11.5 Å².